The minimum absolute atomic E-state index is 0.324. The minimum Gasteiger partial charge on any atom is -0.496 e. The maximum Gasteiger partial charge on any atom is 0.122 e. The van der Waals surface area contributed by atoms with Gasteiger partial charge in [-0.3, -0.25) is 0 Å². The first-order chi connectivity index (χ1) is 8.13. The molecule has 1 fully saturated rings. The Morgan fingerprint density at radius 3 is 2.53 bits per heavy atom. The van der Waals surface area contributed by atoms with E-state index in [-0.39, 0.29) is 0 Å². The molecule has 0 unspecified atom stereocenters. The molecule has 0 aliphatic heterocycles. The van der Waals surface area contributed by atoms with Gasteiger partial charge in [0.05, 0.1) is 7.11 Å². The summed E-state index contributed by atoms with van der Waals surface area (Å²) in [4.78, 5) is 0. The topological polar surface area (TPSA) is 21.3 Å². The molecule has 1 aromatic carbocycles. The monoisotopic (exact) mass is 233 g/mol. The molecule has 2 nitrogen and oxygen atoms in total. The molecule has 0 spiro atoms. The Hall–Kier alpha value is -1.02. The summed E-state index contributed by atoms with van der Waals surface area (Å²) in [6.45, 7) is 5.53. The molecular formula is C15H23NO. The molecule has 94 valence electrons. The Morgan fingerprint density at radius 1 is 1.35 bits per heavy atom. The van der Waals surface area contributed by atoms with Crippen LogP contribution >= 0.6 is 0 Å². The van der Waals surface area contributed by atoms with E-state index in [0.29, 0.717) is 11.3 Å². The van der Waals surface area contributed by atoms with Crippen molar-refractivity contribution in [3.05, 3.63) is 29.3 Å². The van der Waals surface area contributed by atoms with E-state index >= 15 is 0 Å². The van der Waals surface area contributed by atoms with Crippen LogP contribution in [-0.4, -0.2) is 20.7 Å². The van der Waals surface area contributed by atoms with Crippen LogP contribution in [-0.2, 0) is 5.41 Å². The summed E-state index contributed by atoms with van der Waals surface area (Å²) in [5.41, 5.74) is 3.12. The highest BCUT2D eigenvalue weighted by atomic mass is 16.5. The number of ether oxygens (including phenoxy) is 1. The van der Waals surface area contributed by atoms with E-state index in [0.717, 1.165) is 12.3 Å². The molecular weight excluding hydrogens is 210 g/mol. The van der Waals surface area contributed by atoms with E-state index in [2.05, 4.69) is 37.4 Å². The van der Waals surface area contributed by atoms with Gasteiger partial charge in [-0.1, -0.05) is 26.0 Å². The zero-order valence-electron chi connectivity index (χ0n) is 11.3. The molecule has 0 aromatic heterocycles. The second kappa shape index (κ2) is 4.69. The van der Waals surface area contributed by atoms with Gasteiger partial charge < -0.3 is 10.1 Å². The van der Waals surface area contributed by atoms with E-state index in [1.807, 2.05) is 7.05 Å². The van der Waals surface area contributed by atoms with E-state index in [4.69, 9.17) is 4.74 Å². The first-order valence-corrected chi connectivity index (χ1v) is 6.46. The number of hydrogen-bond donors (Lipinski definition) is 1. The predicted octanol–water partition coefficient (Wildman–Crippen LogP) is 3.07. The van der Waals surface area contributed by atoms with Gasteiger partial charge in [0.15, 0.2) is 0 Å². The van der Waals surface area contributed by atoms with Crippen molar-refractivity contribution in [3.63, 3.8) is 0 Å². The zero-order chi connectivity index (χ0) is 12.5. The Bertz CT molecular complexity index is 394. The van der Waals surface area contributed by atoms with Crippen LogP contribution in [0.4, 0.5) is 0 Å². The molecule has 1 N–H and O–H groups in total. The molecule has 1 aliphatic rings. The summed E-state index contributed by atoms with van der Waals surface area (Å²) in [6, 6.07) is 6.65. The molecule has 0 atom stereocenters. The summed E-state index contributed by atoms with van der Waals surface area (Å²) >= 11 is 0. The first kappa shape index (κ1) is 12.4. The second-order valence-corrected chi connectivity index (χ2v) is 5.43. The van der Waals surface area contributed by atoms with E-state index in [1.165, 1.54) is 24.0 Å². The van der Waals surface area contributed by atoms with Gasteiger partial charge in [0.25, 0.3) is 0 Å². The van der Waals surface area contributed by atoms with Crippen LogP contribution in [0.15, 0.2) is 18.2 Å². The van der Waals surface area contributed by atoms with Crippen molar-refractivity contribution in [1.82, 2.24) is 5.32 Å². The summed E-state index contributed by atoms with van der Waals surface area (Å²) in [5.74, 6) is 1.62. The maximum atomic E-state index is 5.52. The van der Waals surface area contributed by atoms with Crippen LogP contribution in [0.2, 0.25) is 0 Å². The summed E-state index contributed by atoms with van der Waals surface area (Å²) in [7, 11) is 3.79. The molecule has 2 heteroatoms. The van der Waals surface area contributed by atoms with Crippen LogP contribution in [0.1, 0.15) is 43.7 Å². The van der Waals surface area contributed by atoms with Crippen LogP contribution in [0.3, 0.4) is 0 Å². The SMILES string of the molecule is CNCC1(c2cc(C(C)C)ccc2OC)CC1. The number of nitrogens with one attached hydrogen (secondary N) is 1. The van der Waals surface area contributed by atoms with Crippen LogP contribution in [0.5, 0.6) is 5.75 Å². The fraction of sp³-hybridized carbons (Fsp3) is 0.600. The van der Waals surface area contributed by atoms with Gasteiger partial charge in [-0.2, -0.15) is 0 Å². The van der Waals surface area contributed by atoms with E-state index in [1.54, 1.807) is 7.11 Å². The highest BCUT2D eigenvalue weighted by Crippen LogP contribution is 2.51. The Kier molecular flexibility index (Phi) is 3.43. The van der Waals surface area contributed by atoms with Gasteiger partial charge in [-0.05, 0) is 37.4 Å². The van der Waals surface area contributed by atoms with Crippen LogP contribution in [0, 0.1) is 0 Å². The molecule has 2 rings (SSSR count). The van der Waals surface area contributed by atoms with Crippen LogP contribution < -0.4 is 10.1 Å². The lowest BCUT2D eigenvalue weighted by Crippen LogP contribution is -2.24. The quantitative estimate of drug-likeness (QED) is 0.844. The normalized spacial score (nSPS) is 17.2. The number of benzene rings is 1. The standard InChI is InChI=1S/C15H23NO/c1-11(2)12-5-6-14(17-4)13(9-12)15(7-8-15)10-16-3/h5-6,9,11,16H,7-8,10H2,1-4H3. The Labute approximate surface area is 104 Å². The number of likely N-dealkylation sites (N-methyl/N-ethyl adjacent to an activating group) is 1. The van der Waals surface area contributed by atoms with E-state index < -0.39 is 0 Å². The van der Waals surface area contributed by atoms with Crippen LogP contribution in [0.25, 0.3) is 0 Å². The maximum absolute atomic E-state index is 5.52. The highest BCUT2D eigenvalue weighted by molar-refractivity contribution is 5.46. The average Bonchev–Trinajstić information content (AvgIpc) is 3.09. The molecule has 0 saturated heterocycles. The first-order valence-electron chi connectivity index (χ1n) is 6.46. The molecule has 0 amide bonds. The van der Waals surface area contributed by atoms with Crippen molar-refractivity contribution in [2.75, 3.05) is 20.7 Å². The van der Waals surface area contributed by atoms with Crippen molar-refractivity contribution >= 4 is 0 Å². The third-order valence-electron chi connectivity index (χ3n) is 3.83. The van der Waals surface area contributed by atoms with Crippen molar-refractivity contribution < 1.29 is 4.74 Å². The molecule has 17 heavy (non-hydrogen) atoms. The second-order valence-electron chi connectivity index (χ2n) is 5.43. The van der Waals surface area contributed by atoms with Gasteiger partial charge in [0.2, 0.25) is 0 Å². The number of hydrogen-bond acceptors (Lipinski definition) is 2. The fourth-order valence-corrected chi connectivity index (χ4v) is 2.53. The minimum atomic E-state index is 0.324. The zero-order valence-corrected chi connectivity index (χ0v) is 11.3. The van der Waals surface area contributed by atoms with Crippen molar-refractivity contribution in [2.45, 2.75) is 38.0 Å². The predicted molar refractivity (Wildman–Crippen MR) is 71.9 cm³/mol. The molecule has 0 bridgehead atoms. The summed E-state index contributed by atoms with van der Waals surface area (Å²) in [6.07, 6.45) is 2.54. The molecule has 0 radical (unpaired) electrons. The van der Waals surface area contributed by atoms with Gasteiger partial charge in [0, 0.05) is 17.5 Å². The molecule has 1 aliphatic carbocycles. The van der Waals surface area contributed by atoms with Crippen molar-refractivity contribution in [3.8, 4) is 5.75 Å². The third kappa shape index (κ3) is 2.32. The van der Waals surface area contributed by atoms with Gasteiger partial charge >= 0.3 is 0 Å². The lowest BCUT2D eigenvalue weighted by molar-refractivity contribution is 0.402. The Morgan fingerprint density at radius 2 is 2.06 bits per heavy atom. The van der Waals surface area contributed by atoms with Crippen molar-refractivity contribution in [1.29, 1.82) is 0 Å². The highest BCUT2D eigenvalue weighted by Gasteiger charge is 2.45. The smallest absolute Gasteiger partial charge is 0.122 e. The third-order valence-corrected chi connectivity index (χ3v) is 3.83. The molecule has 1 saturated carbocycles. The lowest BCUT2D eigenvalue weighted by Gasteiger charge is -2.20. The van der Waals surface area contributed by atoms with Gasteiger partial charge in [0.1, 0.15) is 5.75 Å². The number of methoxy groups -OCH3 is 1. The number of rotatable bonds is 5. The summed E-state index contributed by atoms with van der Waals surface area (Å²) in [5, 5.41) is 3.31. The average molecular weight is 233 g/mol. The molecule has 0 heterocycles. The van der Waals surface area contributed by atoms with Crippen molar-refractivity contribution in [2.24, 2.45) is 0 Å². The van der Waals surface area contributed by atoms with E-state index in [9.17, 15) is 0 Å². The van der Waals surface area contributed by atoms with Gasteiger partial charge in [-0.25, -0.2) is 0 Å². The molecule has 1 aromatic rings. The lowest BCUT2D eigenvalue weighted by atomic mass is 9.90. The Balaban J connectivity index is 2.39. The largest absolute Gasteiger partial charge is 0.496 e. The van der Waals surface area contributed by atoms with Gasteiger partial charge in [-0.15, -0.1) is 0 Å². The fourth-order valence-electron chi connectivity index (χ4n) is 2.53. The summed E-state index contributed by atoms with van der Waals surface area (Å²) < 4.78 is 5.52.